The highest BCUT2D eigenvalue weighted by Gasteiger charge is 2.26. The fourth-order valence-corrected chi connectivity index (χ4v) is 3.30. The van der Waals surface area contributed by atoms with E-state index in [9.17, 15) is 9.90 Å². The summed E-state index contributed by atoms with van der Waals surface area (Å²) in [6.45, 7) is 2.02. The van der Waals surface area contributed by atoms with Gasteiger partial charge < -0.3 is 10.0 Å². The van der Waals surface area contributed by atoms with Crippen molar-refractivity contribution < 1.29 is 9.90 Å². The monoisotopic (exact) mass is 284 g/mol. The lowest BCUT2D eigenvalue weighted by molar-refractivity contribution is -0.135. The van der Waals surface area contributed by atoms with Crippen molar-refractivity contribution in [3.63, 3.8) is 0 Å². The molecule has 2 aromatic rings. The molecule has 1 aliphatic carbocycles. The molecule has 4 heteroatoms. The van der Waals surface area contributed by atoms with Crippen LogP contribution in [0.25, 0.3) is 10.9 Å². The second kappa shape index (κ2) is 5.72. The standard InChI is InChI=1S/C17H20N2O2/c1-12-10-16(14-8-4-5-9-15(14)18-12)19(11-17(20)21)13-6-2-3-7-13/h4-5,8-10,13H,2-3,6-7,11H2,1H3,(H,20,21). The first-order valence-electron chi connectivity index (χ1n) is 7.50. The van der Waals surface area contributed by atoms with E-state index in [1.165, 1.54) is 12.8 Å². The molecule has 0 radical (unpaired) electrons. The van der Waals surface area contributed by atoms with E-state index in [1.807, 2.05) is 37.3 Å². The van der Waals surface area contributed by atoms with Gasteiger partial charge in [0, 0.05) is 22.8 Å². The number of nitrogens with zero attached hydrogens (tertiary/aromatic N) is 2. The first-order valence-corrected chi connectivity index (χ1v) is 7.50. The summed E-state index contributed by atoms with van der Waals surface area (Å²) in [6.07, 6.45) is 4.51. The van der Waals surface area contributed by atoms with Crippen LogP contribution in [0.15, 0.2) is 30.3 Å². The maximum absolute atomic E-state index is 11.3. The minimum atomic E-state index is -0.777. The van der Waals surface area contributed by atoms with Gasteiger partial charge in [-0.25, -0.2) is 0 Å². The van der Waals surface area contributed by atoms with Gasteiger partial charge in [0.2, 0.25) is 0 Å². The lowest BCUT2D eigenvalue weighted by atomic mass is 10.1. The highest BCUT2D eigenvalue weighted by Crippen LogP contribution is 2.33. The first kappa shape index (κ1) is 13.9. The zero-order valence-corrected chi connectivity index (χ0v) is 12.2. The van der Waals surface area contributed by atoms with Crippen molar-refractivity contribution in [1.29, 1.82) is 0 Å². The van der Waals surface area contributed by atoms with Gasteiger partial charge in [0.1, 0.15) is 6.54 Å². The molecule has 0 bridgehead atoms. The number of pyridine rings is 1. The Labute approximate surface area is 124 Å². The number of aromatic nitrogens is 1. The number of fused-ring (bicyclic) bond motifs is 1. The molecule has 1 aromatic heterocycles. The third-order valence-electron chi connectivity index (χ3n) is 4.20. The van der Waals surface area contributed by atoms with E-state index >= 15 is 0 Å². The van der Waals surface area contributed by atoms with Crippen LogP contribution in [0, 0.1) is 6.92 Å². The van der Waals surface area contributed by atoms with Crippen LogP contribution < -0.4 is 4.90 Å². The van der Waals surface area contributed by atoms with Gasteiger partial charge in [-0.1, -0.05) is 31.0 Å². The third kappa shape index (κ3) is 2.84. The molecule has 0 unspecified atom stereocenters. The average molecular weight is 284 g/mol. The van der Waals surface area contributed by atoms with Gasteiger partial charge in [0.05, 0.1) is 5.52 Å². The van der Waals surface area contributed by atoms with Crippen molar-refractivity contribution in [3.05, 3.63) is 36.0 Å². The van der Waals surface area contributed by atoms with E-state index < -0.39 is 5.97 Å². The van der Waals surface area contributed by atoms with Crippen LogP contribution >= 0.6 is 0 Å². The molecule has 1 heterocycles. The van der Waals surface area contributed by atoms with Gasteiger partial charge >= 0.3 is 5.97 Å². The number of hydrogen-bond donors (Lipinski definition) is 1. The van der Waals surface area contributed by atoms with E-state index in [4.69, 9.17) is 0 Å². The Morgan fingerprint density at radius 2 is 2.05 bits per heavy atom. The minimum Gasteiger partial charge on any atom is -0.480 e. The van der Waals surface area contributed by atoms with Crippen LogP contribution in [0.2, 0.25) is 0 Å². The number of rotatable bonds is 4. The molecule has 110 valence electrons. The fraction of sp³-hybridized carbons (Fsp3) is 0.412. The number of aryl methyl sites for hydroxylation is 1. The van der Waals surface area contributed by atoms with Crippen LogP contribution in [-0.4, -0.2) is 28.6 Å². The SMILES string of the molecule is Cc1cc(N(CC(=O)O)C2CCCC2)c2ccccc2n1. The maximum atomic E-state index is 11.3. The molecule has 1 N–H and O–H groups in total. The molecule has 1 aliphatic rings. The van der Waals surface area contributed by atoms with Crippen molar-refractivity contribution >= 4 is 22.6 Å². The van der Waals surface area contributed by atoms with Crippen molar-refractivity contribution in [2.75, 3.05) is 11.4 Å². The summed E-state index contributed by atoms with van der Waals surface area (Å²) in [7, 11) is 0. The van der Waals surface area contributed by atoms with Crippen molar-refractivity contribution in [3.8, 4) is 0 Å². The van der Waals surface area contributed by atoms with Crippen LogP contribution in [0.5, 0.6) is 0 Å². The number of benzene rings is 1. The van der Waals surface area contributed by atoms with Crippen molar-refractivity contribution in [2.45, 2.75) is 38.6 Å². The van der Waals surface area contributed by atoms with Crippen molar-refractivity contribution in [2.24, 2.45) is 0 Å². The highest BCUT2D eigenvalue weighted by atomic mass is 16.4. The summed E-state index contributed by atoms with van der Waals surface area (Å²) >= 11 is 0. The molecular weight excluding hydrogens is 264 g/mol. The summed E-state index contributed by atoms with van der Waals surface area (Å²) in [5.41, 5.74) is 2.87. The summed E-state index contributed by atoms with van der Waals surface area (Å²) < 4.78 is 0. The number of para-hydroxylation sites is 1. The predicted octanol–water partition coefficient (Wildman–Crippen LogP) is 3.38. The Morgan fingerprint density at radius 1 is 1.33 bits per heavy atom. The highest BCUT2D eigenvalue weighted by molar-refractivity contribution is 5.93. The Kier molecular flexibility index (Phi) is 3.78. The van der Waals surface area contributed by atoms with Gasteiger partial charge in [-0.3, -0.25) is 9.78 Å². The Bertz CT molecular complexity index is 663. The smallest absolute Gasteiger partial charge is 0.323 e. The number of carboxylic acid groups (broad SMARTS) is 1. The van der Waals surface area contributed by atoms with Crippen LogP contribution in [-0.2, 0) is 4.79 Å². The number of anilines is 1. The van der Waals surface area contributed by atoms with Gasteiger partial charge in [0.25, 0.3) is 0 Å². The largest absolute Gasteiger partial charge is 0.480 e. The second-order valence-corrected chi connectivity index (χ2v) is 5.76. The van der Waals surface area contributed by atoms with E-state index in [2.05, 4.69) is 9.88 Å². The quantitative estimate of drug-likeness (QED) is 0.935. The molecule has 0 saturated heterocycles. The third-order valence-corrected chi connectivity index (χ3v) is 4.20. The lowest BCUT2D eigenvalue weighted by Gasteiger charge is -2.30. The molecule has 1 fully saturated rings. The molecule has 1 saturated carbocycles. The molecule has 0 atom stereocenters. The summed E-state index contributed by atoms with van der Waals surface area (Å²) in [5.74, 6) is -0.777. The number of aliphatic carboxylic acids is 1. The maximum Gasteiger partial charge on any atom is 0.323 e. The molecule has 4 nitrogen and oxygen atoms in total. The number of carbonyl (C=O) groups is 1. The molecule has 3 rings (SSSR count). The van der Waals surface area contributed by atoms with E-state index in [-0.39, 0.29) is 6.54 Å². The molecule has 21 heavy (non-hydrogen) atoms. The van der Waals surface area contributed by atoms with Crippen molar-refractivity contribution in [1.82, 2.24) is 4.98 Å². The van der Waals surface area contributed by atoms with Gasteiger partial charge in [0.15, 0.2) is 0 Å². The normalized spacial score (nSPS) is 15.5. The Hall–Kier alpha value is -2.10. The average Bonchev–Trinajstić information content (AvgIpc) is 2.97. The second-order valence-electron chi connectivity index (χ2n) is 5.76. The zero-order chi connectivity index (χ0) is 14.8. The van der Waals surface area contributed by atoms with Crippen LogP contribution in [0.4, 0.5) is 5.69 Å². The van der Waals surface area contributed by atoms with Gasteiger partial charge in [-0.2, -0.15) is 0 Å². The van der Waals surface area contributed by atoms with E-state index in [1.54, 1.807) is 0 Å². The molecule has 0 spiro atoms. The van der Waals surface area contributed by atoms with Gasteiger partial charge in [-0.05, 0) is 31.9 Å². The molecule has 0 aliphatic heterocycles. The number of carboxylic acids is 1. The zero-order valence-electron chi connectivity index (χ0n) is 12.2. The van der Waals surface area contributed by atoms with Gasteiger partial charge in [-0.15, -0.1) is 0 Å². The molecular formula is C17H20N2O2. The number of hydrogen-bond acceptors (Lipinski definition) is 3. The first-order chi connectivity index (χ1) is 10.1. The predicted molar refractivity (Wildman–Crippen MR) is 83.7 cm³/mol. The lowest BCUT2D eigenvalue weighted by Crippen LogP contribution is -2.37. The van der Waals surface area contributed by atoms with Crippen LogP contribution in [0.1, 0.15) is 31.4 Å². The fourth-order valence-electron chi connectivity index (χ4n) is 3.30. The molecule has 0 amide bonds. The van der Waals surface area contributed by atoms with Crippen LogP contribution in [0.3, 0.4) is 0 Å². The summed E-state index contributed by atoms with van der Waals surface area (Å²) in [5, 5.41) is 10.3. The summed E-state index contributed by atoms with van der Waals surface area (Å²) in [6, 6.07) is 10.3. The summed E-state index contributed by atoms with van der Waals surface area (Å²) in [4.78, 5) is 17.9. The van der Waals surface area contributed by atoms with E-state index in [0.29, 0.717) is 6.04 Å². The topological polar surface area (TPSA) is 53.4 Å². The minimum absolute atomic E-state index is 0.0537. The molecule has 1 aromatic carbocycles. The Balaban J connectivity index is 2.11. The van der Waals surface area contributed by atoms with E-state index in [0.717, 1.165) is 35.1 Å². The Morgan fingerprint density at radius 3 is 2.76 bits per heavy atom.